The van der Waals surface area contributed by atoms with E-state index in [1.165, 1.54) is 48.4 Å². The van der Waals surface area contributed by atoms with Gasteiger partial charge in [-0.1, -0.05) is 6.92 Å². The summed E-state index contributed by atoms with van der Waals surface area (Å²) in [6, 6.07) is 0.665. The lowest BCUT2D eigenvalue weighted by Gasteiger charge is -2.41. The van der Waals surface area contributed by atoms with Gasteiger partial charge in [0.05, 0.1) is 11.3 Å². The molecule has 0 spiro atoms. The van der Waals surface area contributed by atoms with E-state index in [0.717, 1.165) is 43.4 Å². The number of hydrogen-bond acceptors (Lipinski definition) is 5. The predicted octanol–water partition coefficient (Wildman–Crippen LogP) is 1.69. The molecule has 30 heavy (non-hydrogen) atoms. The molecule has 1 saturated heterocycles. The van der Waals surface area contributed by atoms with Gasteiger partial charge in [0.15, 0.2) is 0 Å². The van der Waals surface area contributed by atoms with Crippen molar-refractivity contribution in [2.75, 3.05) is 33.7 Å². The average molecular weight is 438 g/mol. The summed E-state index contributed by atoms with van der Waals surface area (Å²) in [4.78, 5) is 23.3. The molecular weight excluding hydrogens is 402 g/mol. The Hall–Kier alpha value is -1.29. The maximum atomic E-state index is 12.8. The molecule has 4 rings (SSSR count). The minimum atomic E-state index is -3.53. The number of hydrogen-bond donors (Lipinski definition) is 1. The number of likely N-dealkylation sites (tertiary alicyclic amines) is 1. The number of nitrogens with zero attached hydrogens (tertiary/aromatic N) is 4. The normalized spacial score (nSPS) is 29.1. The molecule has 9 heteroatoms. The molecule has 1 aromatic heterocycles. The SMILES string of the molecule is CC1CCC(N2CCCC(c3nc4c(c(=O)[nH]3)CN(S(=O)(=O)N(C)C)CC4)C2)CC1. The third-order valence-electron chi connectivity index (χ3n) is 7.18. The van der Waals surface area contributed by atoms with Gasteiger partial charge in [0, 0.05) is 52.1 Å². The van der Waals surface area contributed by atoms with Crippen LogP contribution in [0.3, 0.4) is 0 Å². The summed E-state index contributed by atoms with van der Waals surface area (Å²) >= 11 is 0. The first kappa shape index (κ1) is 21.9. The number of nitrogens with one attached hydrogen (secondary N) is 1. The van der Waals surface area contributed by atoms with Crippen molar-refractivity contribution in [1.82, 2.24) is 23.5 Å². The summed E-state index contributed by atoms with van der Waals surface area (Å²) in [5, 5.41) is 0. The van der Waals surface area contributed by atoms with Crippen LogP contribution in [-0.2, 0) is 23.2 Å². The number of fused-ring (bicyclic) bond motifs is 1. The highest BCUT2D eigenvalue weighted by atomic mass is 32.2. The zero-order chi connectivity index (χ0) is 21.5. The Labute approximate surface area is 179 Å². The standard InChI is InChI=1S/C21H35N5O3S/c1-15-6-8-17(9-7-15)25-11-4-5-16(13-25)20-22-19-10-12-26(30(28,29)24(2)3)14-18(19)21(27)23-20/h15-17H,4-14H2,1-3H3,(H,22,23,27). The first-order valence-electron chi connectivity index (χ1n) is 11.3. The van der Waals surface area contributed by atoms with Gasteiger partial charge in [-0.3, -0.25) is 9.69 Å². The minimum absolute atomic E-state index is 0.0928. The van der Waals surface area contributed by atoms with E-state index < -0.39 is 10.2 Å². The van der Waals surface area contributed by atoms with E-state index in [1.807, 2.05) is 0 Å². The van der Waals surface area contributed by atoms with E-state index in [9.17, 15) is 13.2 Å². The maximum Gasteiger partial charge on any atom is 0.281 e. The molecule has 0 radical (unpaired) electrons. The molecule has 1 N–H and O–H groups in total. The van der Waals surface area contributed by atoms with Crippen molar-refractivity contribution in [2.45, 2.75) is 70.4 Å². The lowest BCUT2D eigenvalue weighted by Crippen LogP contribution is -2.46. The largest absolute Gasteiger partial charge is 0.310 e. The van der Waals surface area contributed by atoms with Gasteiger partial charge in [-0.15, -0.1) is 0 Å². The van der Waals surface area contributed by atoms with E-state index in [1.54, 1.807) is 0 Å². The van der Waals surface area contributed by atoms with Crippen LogP contribution in [0.25, 0.3) is 0 Å². The Morgan fingerprint density at radius 2 is 1.83 bits per heavy atom. The van der Waals surface area contributed by atoms with Crippen LogP contribution in [0, 0.1) is 5.92 Å². The highest BCUT2D eigenvalue weighted by Gasteiger charge is 2.33. The summed E-state index contributed by atoms with van der Waals surface area (Å²) in [6.07, 6.45) is 7.83. The van der Waals surface area contributed by atoms with Gasteiger partial charge in [-0.25, -0.2) is 4.98 Å². The first-order chi connectivity index (χ1) is 14.3. The van der Waals surface area contributed by atoms with E-state index in [-0.39, 0.29) is 18.0 Å². The van der Waals surface area contributed by atoms with Gasteiger partial charge in [0.1, 0.15) is 5.82 Å². The van der Waals surface area contributed by atoms with Crippen molar-refractivity contribution in [1.29, 1.82) is 0 Å². The van der Waals surface area contributed by atoms with Gasteiger partial charge in [-0.05, 0) is 51.0 Å². The Bertz CT molecular complexity index is 921. The van der Waals surface area contributed by atoms with Crippen molar-refractivity contribution in [3.63, 3.8) is 0 Å². The molecule has 1 atom stereocenters. The Kier molecular flexibility index (Phi) is 6.35. The molecule has 168 valence electrons. The van der Waals surface area contributed by atoms with Crippen LogP contribution in [-0.4, -0.2) is 71.7 Å². The molecule has 2 aliphatic heterocycles. The fourth-order valence-corrected chi connectivity index (χ4v) is 6.29. The number of H-pyrrole nitrogens is 1. The third kappa shape index (κ3) is 4.35. The Morgan fingerprint density at radius 3 is 2.53 bits per heavy atom. The summed E-state index contributed by atoms with van der Waals surface area (Å²) in [7, 11) is -0.510. The number of aromatic nitrogens is 2. The van der Waals surface area contributed by atoms with E-state index in [4.69, 9.17) is 4.98 Å². The van der Waals surface area contributed by atoms with Crippen molar-refractivity contribution >= 4 is 10.2 Å². The van der Waals surface area contributed by atoms with Crippen molar-refractivity contribution < 1.29 is 8.42 Å². The molecular formula is C21H35N5O3S. The van der Waals surface area contributed by atoms with Crippen LogP contribution in [0.5, 0.6) is 0 Å². The lowest BCUT2D eigenvalue weighted by molar-refractivity contribution is 0.105. The molecule has 2 fully saturated rings. The number of rotatable bonds is 4. The molecule has 1 saturated carbocycles. The minimum Gasteiger partial charge on any atom is -0.310 e. The van der Waals surface area contributed by atoms with Gasteiger partial charge >= 0.3 is 0 Å². The first-order valence-corrected chi connectivity index (χ1v) is 12.7. The second-order valence-corrected chi connectivity index (χ2v) is 11.6. The third-order valence-corrected chi connectivity index (χ3v) is 9.07. The zero-order valence-electron chi connectivity index (χ0n) is 18.4. The molecule has 0 amide bonds. The highest BCUT2D eigenvalue weighted by molar-refractivity contribution is 7.86. The van der Waals surface area contributed by atoms with Gasteiger partial charge in [0.25, 0.3) is 15.8 Å². The molecule has 3 aliphatic rings. The molecule has 1 aromatic rings. The summed E-state index contributed by atoms with van der Waals surface area (Å²) in [5.74, 6) is 1.88. The van der Waals surface area contributed by atoms with Crippen LogP contribution in [0.2, 0.25) is 0 Å². The van der Waals surface area contributed by atoms with Crippen LogP contribution >= 0.6 is 0 Å². The fraction of sp³-hybridized carbons (Fsp3) is 0.810. The fourth-order valence-electron chi connectivity index (χ4n) is 5.21. The number of aromatic amines is 1. The van der Waals surface area contributed by atoms with Gasteiger partial charge in [0.2, 0.25) is 0 Å². The molecule has 0 aromatic carbocycles. The summed E-state index contributed by atoms with van der Waals surface area (Å²) in [6.45, 7) is 4.90. The topological polar surface area (TPSA) is 89.6 Å². The van der Waals surface area contributed by atoms with Crippen molar-refractivity contribution in [3.8, 4) is 0 Å². The quantitative estimate of drug-likeness (QED) is 0.774. The monoisotopic (exact) mass is 437 g/mol. The molecule has 8 nitrogen and oxygen atoms in total. The van der Waals surface area contributed by atoms with Crippen molar-refractivity contribution in [3.05, 3.63) is 27.4 Å². The lowest BCUT2D eigenvalue weighted by atomic mass is 9.85. The predicted molar refractivity (Wildman–Crippen MR) is 117 cm³/mol. The van der Waals surface area contributed by atoms with Crippen LogP contribution in [0.4, 0.5) is 0 Å². The van der Waals surface area contributed by atoms with Gasteiger partial charge < -0.3 is 4.98 Å². The molecule has 1 aliphatic carbocycles. The van der Waals surface area contributed by atoms with Crippen LogP contribution in [0.15, 0.2) is 4.79 Å². The van der Waals surface area contributed by atoms with E-state index >= 15 is 0 Å². The average Bonchev–Trinajstić information content (AvgIpc) is 2.74. The van der Waals surface area contributed by atoms with Gasteiger partial charge in [-0.2, -0.15) is 17.0 Å². The second kappa shape index (κ2) is 8.68. The summed E-state index contributed by atoms with van der Waals surface area (Å²) in [5.41, 5.74) is 1.07. The van der Waals surface area contributed by atoms with Crippen molar-refractivity contribution in [2.24, 2.45) is 5.92 Å². The van der Waals surface area contributed by atoms with E-state index in [0.29, 0.717) is 24.6 Å². The highest BCUT2D eigenvalue weighted by Crippen LogP contribution is 2.32. The molecule has 1 unspecified atom stereocenters. The maximum absolute atomic E-state index is 12.8. The summed E-state index contributed by atoms with van der Waals surface area (Å²) < 4.78 is 27.4. The van der Waals surface area contributed by atoms with Crippen LogP contribution in [0.1, 0.15) is 68.4 Å². The molecule has 3 heterocycles. The van der Waals surface area contributed by atoms with Crippen LogP contribution < -0.4 is 5.56 Å². The number of piperidine rings is 1. The zero-order valence-corrected chi connectivity index (χ0v) is 19.2. The Balaban J connectivity index is 1.50. The van der Waals surface area contributed by atoms with E-state index in [2.05, 4.69) is 16.8 Å². The molecule has 0 bridgehead atoms. The smallest absolute Gasteiger partial charge is 0.281 e. The second-order valence-electron chi connectivity index (χ2n) is 9.50. The Morgan fingerprint density at radius 1 is 1.10 bits per heavy atom.